The summed E-state index contributed by atoms with van der Waals surface area (Å²) in [6.07, 6.45) is 113. The van der Waals surface area contributed by atoms with Gasteiger partial charge in [0.2, 0.25) is 0 Å². The summed E-state index contributed by atoms with van der Waals surface area (Å²) in [6, 6.07) is 0. The van der Waals surface area contributed by atoms with E-state index < -0.39 is 6.10 Å². The van der Waals surface area contributed by atoms with E-state index in [9.17, 15) is 14.7 Å². The number of esters is 2. The number of hydrogen-bond acceptors (Lipinski definition) is 5. The van der Waals surface area contributed by atoms with Gasteiger partial charge in [0.05, 0.1) is 6.61 Å². The fourth-order valence-corrected chi connectivity index (χ4v) is 9.14. The van der Waals surface area contributed by atoms with E-state index in [1.54, 1.807) is 0 Å². The molecule has 0 aromatic rings. The first-order chi connectivity index (χ1) is 41.6. The van der Waals surface area contributed by atoms with E-state index in [0.717, 1.165) is 141 Å². The third kappa shape index (κ3) is 69.5. The Labute approximate surface area is 518 Å². The second-order valence-corrected chi connectivity index (χ2v) is 22.1. The highest BCUT2D eigenvalue weighted by Crippen LogP contribution is 2.16. The average molecular weight is 1160 g/mol. The first-order valence-corrected chi connectivity index (χ1v) is 34.3. The van der Waals surface area contributed by atoms with Gasteiger partial charge in [0, 0.05) is 12.8 Å². The van der Waals surface area contributed by atoms with E-state index in [1.807, 2.05) is 0 Å². The summed E-state index contributed by atoms with van der Waals surface area (Å²) < 4.78 is 10.7. The van der Waals surface area contributed by atoms with E-state index >= 15 is 0 Å². The van der Waals surface area contributed by atoms with E-state index in [2.05, 4.69) is 196 Å². The summed E-state index contributed by atoms with van der Waals surface area (Å²) in [6.45, 7) is 3.91. The Morgan fingerprint density at radius 2 is 0.476 bits per heavy atom. The summed E-state index contributed by atoms with van der Waals surface area (Å²) in [7, 11) is 0. The number of aliphatic hydroxyl groups excluding tert-OH is 1. The van der Waals surface area contributed by atoms with Gasteiger partial charge in [-0.2, -0.15) is 0 Å². The van der Waals surface area contributed by atoms with Crippen molar-refractivity contribution in [1.29, 1.82) is 0 Å². The van der Waals surface area contributed by atoms with Crippen molar-refractivity contribution in [1.82, 2.24) is 0 Å². The van der Waals surface area contributed by atoms with Crippen LogP contribution in [-0.4, -0.2) is 36.4 Å². The van der Waals surface area contributed by atoms with Crippen molar-refractivity contribution >= 4 is 11.9 Å². The fraction of sp³-hybridized carbons (Fsp3) is 0.595. The number of allylic oxidation sites excluding steroid dienone is 30. The van der Waals surface area contributed by atoms with Gasteiger partial charge in [-0.05, 0) is 135 Å². The predicted molar refractivity (Wildman–Crippen MR) is 370 cm³/mol. The molecule has 84 heavy (non-hydrogen) atoms. The fourth-order valence-electron chi connectivity index (χ4n) is 9.14. The molecule has 0 saturated carbocycles. The molecule has 1 atom stereocenters. The monoisotopic (exact) mass is 1150 g/mol. The molecule has 1 N–H and O–H groups in total. The number of rotatable bonds is 61. The normalized spacial score (nSPS) is 13.4. The molecule has 0 aromatic heterocycles. The number of unbranched alkanes of at least 4 members (excludes halogenated alkanes) is 23. The van der Waals surface area contributed by atoms with Crippen molar-refractivity contribution in [2.75, 3.05) is 13.2 Å². The Morgan fingerprint density at radius 1 is 0.274 bits per heavy atom. The largest absolute Gasteiger partial charge is 0.462 e. The summed E-state index contributed by atoms with van der Waals surface area (Å²) in [5.74, 6) is -0.606. The van der Waals surface area contributed by atoms with Crippen LogP contribution in [0.5, 0.6) is 0 Å². The van der Waals surface area contributed by atoms with Gasteiger partial charge in [0.1, 0.15) is 6.61 Å². The van der Waals surface area contributed by atoms with Crippen LogP contribution in [0.3, 0.4) is 0 Å². The molecule has 0 heterocycles. The molecular formula is C79H126O5. The molecule has 0 aliphatic rings. The molecule has 1 unspecified atom stereocenters. The third-order valence-corrected chi connectivity index (χ3v) is 14.2. The first kappa shape index (κ1) is 79.0. The van der Waals surface area contributed by atoms with Gasteiger partial charge in [-0.25, -0.2) is 0 Å². The molecule has 472 valence electrons. The van der Waals surface area contributed by atoms with Crippen molar-refractivity contribution in [3.05, 3.63) is 182 Å². The number of ether oxygens (including phenoxy) is 2. The molecule has 0 amide bonds. The second kappa shape index (κ2) is 72.3. The molecule has 0 aliphatic heterocycles. The van der Waals surface area contributed by atoms with Crippen LogP contribution >= 0.6 is 0 Å². The van der Waals surface area contributed by atoms with Gasteiger partial charge in [-0.15, -0.1) is 0 Å². The maximum absolute atomic E-state index is 12.4. The van der Waals surface area contributed by atoms with E-state index in [-0.39, 0.29) is 25.2 Å². The lowest BCUT2D eigenvalue weighted by Crippen LogP contribution is -2.28. The van der Waals surface area contributed by atoms with Crippen molar-refractivity contribution < 1.29 is 24.2 Å². The molecular weight excluding hydrogens is 1030 g/mol. The topological polar surface area (TPSA) is 72.8 Å². The minimum absolute atomic E-state index is 0.0786. The Bertz CT molecular complexity index is 1890. The van der Waals surface area contributed by atoms with Crippen LogP contribution in [0.2, 0.25) is 0 Å². The minimum Gasteiger partial charge on any atom is -0.462 e. The van der Waals surface area contributed by atoms with Crippen LogP contribution in [0.4, 0.5) is 0 Å². The Hall–Kier alpha value is -5.00. The third-order valence-electron chi connectivity index (χ3n) is 14.2. The zero-order valence-corrected chi connectivity index (χ0v) is 54.1. The van der Waals surface area contributed by atoms with Gasteiger partial charge in [-0.3, -0.25) is 9.59 Å². The van der Waals surface area contributed by atoms with Gasteiger partial charge in [0.25, 0.3) is 0 Å². The maximum atomic E-state index is 12.4. The van der Waals surface area contributed by atoms with Crippen molar-refractivity contribution in [3.8, 4) is 0 Å². The van der Waals surface area contributed by atoms with Crippen LogP contribution in [0.1, 0.15) is 284 Å². The number of hydrogen-bond donors (Lipinski definition) is 1. The molecule has 0 aliphatic carbocycles. The lowest BCUT2D eigenvalue weighted by atomic mass is 10.0. The average Bonchev–Trinajstić information content (AvgIpc) is 3.51. The van der Waals surface area contributed by atoms with Gasteiger partial charge in [-0.1, -0.05) is 318 Å². The first-order valence-electron chi connectivity index (χ1n) is 34.3. The van der Waals surface area contributed by atoms with E-state index in [4.69, 9.17) is 9.47 Å². The van der Waals surface area contributed by atoms with Crippen LogP contribution in [0.25, 0.3) is 0 Å². The van der Waals surface area contributed by atoms with Crippen molar-refractivity contribution in [2.45, 2.75) is 290 Å². The molecule has 0 saturated heterocycles. The van der Waals surface area contributed by atoms with Crippen LogP contribution < -0.4 is 0 Å². The Balaban J connectivity index is 3.56. The molecule has 0 radical (unpaired) electrons. The smallest absolute Gasteiger partial charge is 0.306 e. The molecule has 0 spiro atoms. The molecule has 0 fully saturated rings. The molecule has 0 bridgehead atoms. The lowest BCUT2D eigenvalue weighted by Gasteiger charge is -2.15. The summed E-state index contributed by atoms with van der Waals surface area (Å²) >= 11 is 0. The summed E-state index contributed by atoms with van der Waals surface area (Å²) in [5.41, 5.74) is 0. The maximum Gasteiger partial charge on any atom is 0.306 e. The molecule has 0 aromatic carbocycles. The standard InChI is InChI=1S/C79H126O5/c1-3-5-7-9-11-13-15-17-19-21-23-25-27-29-31-33-35-37-38-39-40-42-43-45-47-49-51-53-55-57-59-61-63-65-67-69-71-73-78(81)83-76-77(75-80)84-79(82)74-72-70-68-66-64-62-60-58-56-54-52-50-48-46-44-41-36-34-32-30-28-26-24-22-20-18-16-14-12-10-8-6-4-2/h5-8,11-14,17-20,23-26,29-32,35-37,39-41,46,48,52,54,77,80H,3-4,9-10,15-16,21-22,27-28,33-34,38,42-45,47,49-51,53,55-76H2,1-2H3/b7-5-,8-6-,13-11-,14-12-,19-17-,20-18-,25-23-,26-24-,31-29-,32-30-,37-35-,40-39-,41-36-,48-46-,54-52-. The highest BCUT2D eigenvalue weighted by Gasteiger charge is 2.16. The predicted octanol–water partition coefficient (Wildman–Crippen LogP) is 24.2. The van der Waals surface area contributed by atoms with E-state index in [1.165, 1.54) is 116 Å². The van der Waals surface area contributed by atoms with Crippen LogP contribution in [0.15, 0.2) is 182 Å². The van der Waals surface area contributed by atoms with Crippen LogP contribution in [0, 0.1) is 0 Å². The number of aliphatic hydroxyl groups is 1. The minimum atomic E-state index is -0.791. The molecule has 5 nitrogen and oxygen atoms in total. The second-order valence-electron chi connectivity index (χ2n) is 22.1. The highest BCUT2D eigenvalue weighted by atomic mass is 16.6. The van der Waals surface area contributed by atoms with E-state index in [0.29, 0.717) is 12.8 Å². The lowest BCUT2D eigenvalue weighted by molar-refractivity contribution is -0.161. The quantitative estimate of drug-likeness (QED) is 0.0373. The highest BCUT2D eigenvalue weighted by molar-refractivity contribution is 5.70. The number of carbonyl (C=O) groups excluding carboxylic acids is 2. The number of carbonyl (C=O) groups is 2. The Kier molecular flexibility index (Phi) is 68.0. The van der Waals surface area contributed by atoms with Gasteiger partial charge in [0.15, 0.2) is 6.10 Å². The van der Waals surface area contributed by atoms with Gasteiger partial charge >= 0.3 is 11.9 Å². The summed E-state index contributed by atoms with van der Waals surface area (Å²) in [5, 5.41) is 9.70. The SMILES string of the molecule is CC/C=C\C/C=C\C/C=C\C/C=C\C/C=C\C/C=C\C/C=C\C/C=C\CCCCCCCCCCC(=O)OC(CO)COC(=O)CCCCCCCCCCCCCCCCC/C=C\C/C=C\C/C=C\C/C=C\C/C=C\C/C=C\C/C=C\CC. The van der Waals surface area contributed by atoms with Crippen molar-refractivity contribution in [3.63, 3.8) is 0 Å². The zero-order chi connectivity index (χ0) is 60.5. The zero-order valence-electron chi connectivity index (χ0n) is 54.1. The Morgan fingerprint density at radius 3 is 0.714 bits per heavy atom. The van der Waals surface area contributed by atoms with Gasteiger partial charge < -0.3 is 14.6 Å². The molecule has 5 heteroatoms. The molecule has 0 rings (SSSR count). The van der Waals surface area contributed by atoms with Crippen molar-refractivity contribution in [2.24, 2.45) is 0 Å². The summed E-state index contributed by atoms with van der Waals surface area (Å²) in [4.78, 5) is 24.7. The van der Waals surface area contributed by atoms with Crippen LogP contribution in [-0.2, 0) is 19.1 Å².